The lowest BCUT2D eigenvalue weighted by atomic mass is 10.00. The highest BCUT2D eigenvalue weighted by molar-refractivity contribution is 7.89. The Hall–Kier alpha value is -1.73. The largest absolute Gasteiger partial charge is 0.337 e. The molecule has 0 bridgehead atoms. The van der Waals surface area contributed by atoms with Crippen molar-refractivity contribution in [2.75, 3.05) is 13.1 Å². The first-order chi connectivity index (χ1) is 10.6. The SMILES string of the molecule is O=S(=O)(c1ccc(F)cc1)N1CCCC(Cn2ccnc2)C1. The summed E-state index contributed by atoms with van der Waals surface area (Å²) in [6.07, 6.45) is 7.17. The van der Waals surface area contributed by atoms with Gasteiger partial charge in [0.15, 0.2) is 0 Å². The van der Waals surface area contributed by atoms with Gasteiger partial charge in [0.25, 0.3) is 0 Å². The molecule has 0 amide bonds. The molecule has 0 aliphatic carbocycles. The number of aromatic nitrogens is 2. The Morgan fingerprint density at radius 1 is 1.27 bits per heavy atom. The predicted molar refractivity (Wildman–Crippen MR) is 80.1 cm³/mol. The average Bonchev–Trinajstić information content (AvgIpc) is 3.01. The summed E-state index contributed by atoms with van der Waals surface area (Å²) in [6.45, 7) is 1.76. The number of hydrogen-bond acceptors (Lipinski definition) is 3. The van der Waals surface area contributed by atoms with Crippen molar-refractivity contribution >= 4 is 10.0 Å². The molecule has 0 radical (unpaired) electrons. The van der Waals surface area contributed by atoms with Crippen LogP contribution in [0.4, 0.5) is 4.39 Å². The third-order valence-electron chi connectivity index (χ3n) is 3.96. The van der Waals surface area contributed by atoms with Gasteiger partial charge in [-0.25, -0.2) is 17.8 Å². The molecule has 1 aliphatic heterocycles. The second-order valence-corrected chi connectivity index (χ2v) is 7.52. The maximum absolute atomic E-state index is 13.0. The van der Waals surface area contributed by atoms with E-state index in [9.17, 15) is 12.8 Å². The van der Waals surface area contributed by atoms with E-state index in [1.165, 1.54) is 28.6 Å². The first kappa shape index (κ1) is 15.2. The molecule has 7 heteroatoms. The van der Waals surface area contributed by atoms with Crippen LogP contribution in [-0.4, -0.2) is 35.4 Å². The fourth-order valence-electron chi connectivity index (χ4n) is 2.84. The van der Waals surface area contributed by atoms with E-state index in [0.29, 0.717) is 13.1 Å². The van der Waals surface area contributed by atoms with Crippen LogP contribution in [0.5, 0.6) is 0 Å². The number of benzene rings is 1. The minimum atomic E-state index is -3.55. The van der Waals surface area contributed by atoms with E-state index in [0.717, 1.165) is 19.4 Å². The average molecular weight is 323 g/mol. The Labute approximate surface area is 129 Å². The zero-order valence-corrected chi connectivity index (χ0v) is 12.9. The second-order valence-electron chi connectivity index (χ2n) is 5.58. The Morgan fingerprint density at radius 2 is 2.05 bits per heavy atom. The number of halogens is 1. The number of sulfonamides is 1. The molecule has 22 heavy (non-hydrogen) atoms. The Balaban J connectivity index is 1.74. The van der Waals surface area contributed by atoms with Gasteiger partial charge < -0.3 is 4.57 Å². The van der Waals surface area contributed by atoms with Crippen molar-refractivity contribution in [2.24, 2.45) is 5.92 Å². The Kier molecular flexibility index (Phi) is 4.26. The smallest absolute Gasteiger partial charge is 0.243 e. The maximum atomic E-state index is 13.0. The zero-order chi connectivity index (χ0) is 15.6. The van der Waals surface area contributed by atoms with Crippen molar-refractivity contribution in [3.8, 4) is 0 Å². The monoisotopic (exact) mass is 323 g/mol. The summed E-state index contributed by atoms with van der Waals surface area (Å²) in [5.41, 5.74) is 0. The van der Waals surface area contributed by atoms with E-state index >= 15 is 0 Å². The van der Waals surface area contributed by atoms with Gasteiger partial charge in [0.1, 0.15) is 5.82 Å². The quantitative estimate of drug-likeness (QED) is 0.866. The summed E-state index contributed by atoms with van der Waals surface area (Å²) in [7, 11) is -3.55. The van der Waals surface area contributed by atoms with Crippen LogP contribution in [-0.2, 0) is 16.6 Å². The molecule has 1 saturated heterocycles. The van der Waals surface area contributed by atoms with Gasteiger partial charge in [0, 0.05) is 32.0 Å². The van der Waals surface area contributed by atoms with Crippen LogP contribution in [0, 0.1) is 11.7 Å². The normalized spacial score (nSPS) is 20.1. The van der Waals surface area contributed by atoms with E-state index in [1.807, 2.05) is 10.8 Å². The Morgan fingerprint density at radius 3 is 2.73 bits per heavy atom. The standard InChI is InChI=1S/C15H18FN3O2S/c16-14-3-5-15(6-4-14)22(20,21)19-8-1-2-13(11-19)10-18-9-7-17-12-18/h3-7,9,12-13H,1-2,8,10-11H2. The summed E-state index contributed by atoms with van der Waals surface area (Å²) in [6, 6.07) is 5.01. The van der Waals surface area contributed by atoms with Crippen molar-refractivity contribution in [2.45, 2.75) is 24.3 Å². The van der Waals surface area contributed by atoms with Gasteiger partial charge >= 0.3 is 0 Å². The van der Waals surface area contributed by atoms with Gasteiger partial charge in [-0.1, -0.05) is 0 Å². The number of hydrogen-bond donors (Lipinski definition) is 0. The maximum Gasteiger partial charge on any atom is 0.243 e. The zero-order valence-electron chi connectivity index (χ0n) is 12.1. The lowest BCUT2D eigenvalue weighted by molar-refractivity contribution is 0.245. The van der Waals surface area contributed by atoms with Crippen LogP contribution in [0.1, 0.15) is 12.8 Å². The second kappa shape index (κ2) is 6.18. The lowest BCUT2D eigenvalue weighted by Crippen LogP contribution is -2.40. The van der Waals surface area contributed by atoms with Crippen LogP contribution in [0.2, 0.25) is 0 Å². The summed E-state index contributed by atoms with van der Waals surface area (Å²) in [4.78, 5) is 4.16. The summed E-state index contributed by atoms with van der Waals surface area (Å²) < 4.78 is 41.7. The van der Waals surface area contributed by atoms with E-state index in [4.69, 9.17) is 0 Å². The summed E-state index contributed by atoms with van der Waals surface area (Å²) in [5.74, 6) is -0.172. The molecular formula is C15H18FN3O2S. The molecule has 0 saturated carbocycles. The van der Waals surface area contributed by atoms with E-state index in [2.05, 4.69) is 4.98 Å². The van der Waals surface area contributed by atoms with Gasteiger partial charge in [0.2, 0.25) is 10.0 Å². The van der Waals surface area contributed by atoms with Crippen molar-refractivity contribution in [1.29, 1.82) is 0 Å². The molecule has 2 aromatic rings. The molecule has 118 valence electrons. The summed E-state index contributed by atoms with van der Waals surface area (Å²) in [5, 5.41) is 0. The molecule has 3 rings (SSSR count). The number of imidazole rings is 1. The summed E-state index contributed by atoms with van der Waals surface area (Å²) >= 11 is 0. The van der Waals surface area contributed by atoms with Crippen LogP contribution >= 0.6 is 0 Å². The van der Waals surface area contributed by atoms with Crippen LogP contribution in [0.15, 0.2) is 47.9 Å². The van der Waals surface area contributed by atoms with E-state index in [1.54, 1.807) is 12.5 Å². The van der Waals surface area contributed by atoms with Gasteiger partial charge in [-0.2, -0.15) is 4.31 Å². The Bertz CT molecular complexity index is 714. The topological polar surface area (TPSA) is 55.2 Å². The third-order valence-corrected chi connectivity index (χ3v) is 5.84. The fourth-order valence-corrected chi connectivity index (χ4v) is 4.40. The molecular weight excluding hydrogens is 305 g/mol. The third kappa shape index (κ3) is 3.20. The van der Waals surface area contributed by atoms with Crippen LogP contribution < -0.4 is 0 Å². The lowest BCUT2D eigenvalue weighted by Gasteiger charge is -2.32. The molecule has 0 spiro atoms. The molecule has 1 unspecified atom stereocenters. The minimum Gasteiger partial charge on any atom is -0.337 e. The van der Waals surface area contributed by atoms with Crippen LogP contribution in [0.25, 0.3) is 0 Å². The van der Waals surface area contributed by atoms with Gasteiger partial charge in [-0.3, -0.25) is 0 Å². The molecule has 1 aromatic heterocycles. The highest BCUT2D eigenvalue weighted by Gasteiger charge is 2.30. The number of piperidine rings is 1. The number of rotatable bonds is 4. The minimum absolute atomic E-state index is 0.150. The molecule has 1 atom stereocenters. The predicted octanol–water partition coefficient (Wildman–Crippen LogP) is 2.12. The van der Waals surface area contributed by atoms with Crippen molar-refractivity contribution in [3.63, 3.8) is 0 Å². The van der Waals surface area contributed by atoms with Crippen molar-refractivity contribution in [3.05, 3.63) is 48.8 Å². The highest BCUT2D eigenvalue weighted by atomic mass is 32.2. The van der Waals surface area contributed by atoms with Gasteiger partial charge in [0.05, 0.1) is 11.2 Å². The first-order valence-corrected chi connectivity index (χ1v) is 8.71. The van der Waals surface area contributed by atoms with Crippen molar-refractivity contribution < 1.29 is 12.8 Å². The van der Waals surface area contributed by atoms with E-state index < -0.39 is 15.8 Å². The highest BCUT2D eigenvalue weighted by Crippen LogP contribution is 2.24. The molecule has 2 heterocycles. The van der Waals surface area contributed by atoms with Crippen molar-refractivity contribution in [1.82, 2.24) is 13.9 Å². The first-order valence-electron chi connectivity index (χ1n) is 7.27. The molecule has 1 aromatic carbocycles. The van der Waals surface area contributed by atoms with Gasteiger partial charge in [-0.05, 0) is 43.0 Å². The van der Waals surface area contributed by atoms with Gasteiger partial charge in [-0.15, -0.1) is 0 Å². The fraction of sp³-hybridized carbons (Fsp3) is 0.400. The molecule has 0 N–H and O–H groups in total. The molecule has 1 fully saturated rings. The number of nitrogens with zero attached hydrogens (tertiary/aromatic N) is 3. The van der Waals surface area contributed by atoms with E-state index in [-0.39, 0.29) is 10.8 Å². The van der Waals surface area contributed by atoms with Crippen LogP contribution in [0.3, 0.4) is 0 Å². The molecule has 5 nitrogen and oxygen atoms in total. The molecule has 1 aliphatic rings.